The Morgan fingerprint density at radius 3 is 2.31 bits per heavy atom. The van der Waals surface area contributed by atoms with E-state index >= 15 is 4.39 Å². The van der Waals surface area contributed by atoms with Crippen LogP contribution in [0.15, 0.2) is 53.0 Å². The van der Waals surface area contributed by atoms with Gasteiger partial charge in [0.05, 0.1) is 11.6 Å². The van der Waals surface area contributed by atoms with Crippen molar-refractivity contribution in [1.29, 1.82) is 0 Å². The largest absolute Gasteiger partial charge is 0.510 e. The van der Waals surface area contributed by atoms with Gasteiger partial charge in [0, 0.05) is 35.2 Å². The average molecular weight is 620 g/mol. The molecule has 6 N–H and O–H groups in total. The Balaban J connectivity index is 1.39. The number of carbonyl (C=O) groups is 3. The second-order valence-corrected chi connectivity index (χ2v) is 13.0. The number of phenols is 1. The van der Waals surface area contributed by atoms with Crippen LogP contribution in [0.1, 0.15) is 52.4 Å². The SMILES string of the molecule is CCCN(Cc1cc(O)c2c(c1F)C[C@H]1C[C@H]3[C@H](N(C)C)C(O)=C(C(N)=O)C(=O)[C@@]3(O)C(O)=C1C2=O)C1Cc2ccccc2C1. The summed E-state index contributed by atoms with van der Waals surface area (Å²) in [7, 11) is 3.12. The molecule has 1 amide bonds. The number of nitrogens with two attached hydrogens (primary N) is 1. The molecule has 0 saturated carbocycles. The number of phenolic OH excluding ortho intramolecular Hbond substituents is 1. The van der Waals surface area contributed by atoms with E-state index in [1.807, 2.05) is 12.1 Å². The maximum Gasteiger partial charge on any atom is 0.255 e. The Bertz CT molecular complexity index is 1670. The molecule has 45 heavy (non-hydrogen) atoms. The van der Waals surface area contributed by atoms with Gasteiger partial charge in [-0.05, 0) is 75.9 Å². The molecule has 0 bridgehead atoms. The van der Waals surface area contributed by atoms with Gasteiger partial charge in [0.25, 0.3) is 5.91 Å². The Hall–Kier alpha value is -4.06. The van der Waals surface area contributed by atoms with Crippen molar-refractivity contribution in [3.63, 3.8) is 0 Å². The Morgan fingerprint density at radius 1 is 1.09 bits per heavy atom. The first-order valence-corrected chi connectivity index (χ1v) is 15.3. The van der Waals surface area contributed by atoms with Crippen molar-refractivity contribution in [2.24, 2.45) is 17.6 Å². The van der Waals surface area contributed by atoms with E-state index in [-0.39, 0.29) is 47.7 Å². The zero-order valence-electron chi connectivity index (χ0n) is 25.5. The quantitative estimate of drug-likeness (QED) is 0.293. The first-order chi connectivity index (χ1) is 21.3. The van der Waals surface area contributed by atoms with Crippen LogP contribution in [0.2, 0.25) is 0 Å². The molecular weight excluding hydrogens is 581 g/mol. The van der Waals surface area contributed by atoms with E-state index in [0.29, 0.717) is 6.54 Å². The number of aliphatic hydroxyl groups excluding tert-OH is 2. The van der Waals surface area contributed by atoms with E-state index in [2.05, 4.69) is 24.0 Å². The van der Waals surface area contributed by atoms with Gasteiger partial charge in [-0.1, -0.05) is 31.2 Å². The third kappa shape index (κ3) is 4.59. The van der Waals surface area contributed by atoms with Crippen LogP contribution in [0.4, 0.5) is 4.39 Å². The van der Waals surface area contributed by atoms with E-state index in [4.69, 9.17) is 5.73 Å². The van der Waals surface area contributed by atoms with E-state index in [1.54, 1.807) is 14.1 Å². The van der Waals surface area contributed by atoms with Gasteiger partial charge in [-0.25, -0.2) is 4.39 Å². The molecule has 0 aliphatic heterocycles. The van der Waals surface area contributed by atoms with Gasteiger partial charge in [0.2, 0.25) is 5.78 Å². The molecule has 4 atom stereocenters. The smallest absolute Gasteiger partial charge is 0.255 e. The number of nitrogens with zero attached hydrogens (tertiary/aromatic N) is 2. The second kappa shape index (κ2) is 11.1. The molecular formula is C34H38FN3O7. The zero-order chi connectivity index (χ0) is 32.5. The summed E-state index contributed by atoms with van der Waals surface area (Å²) in [4.78, 5) is 43.2. The number of Topliss-reactive ketones (excluding diaryl/α,β-unsaturated/α-hetero) is 2. The summed E-state index contributed by atoms with van der Waals surface area (Å²) in [6.07, 6.45) is 2.31. The standard InChI is InChI=1S/C34H38FN3O7/c1-4-9-38(20-10-16-7-5-6-8-17(16)11-20)15-19-14-23(39)25-21(27(19)35)12-18-13-22-28(37(2)3)30(41)26(33(36)44)32(43)34(22,45)31(42)24(18)29(25)40/h5-8,14,18,20,22,28,39,41-42,45H,4,9-13,15H2,1-3H3,(H2,36,44)/t18-,22-,28-,34-/m0/s1. The minimum Gasteiger partial charge on any atom is -0.510 e. The second-order valence-electron chi connectivity index (χ2n) is 13.0. The summed E-state index contributed by atoms with van der Waals surface area (Å²) in [6.45, 7) is 2.98. The lowest BCUT2D eigenvalue weighted by molar-refractivity contribution is -0.148. The zero-order valence-corrected chi connectivity index (χ0v) is 25.5. The lowest BCUT2D eigenvalue weighted by atomic mass is 9.58. The molecule has 4 aliphatic carbocycles. The van der Waals surface area contributed by atoms with Crippen LogP contribution in [-0.2, 0) is 35.4 Å². The van der Waals surface area contributed by atoms with E-state index < -0.39 is 69.6 Å². The van der Waals surface area contributed by atoms with Gasteiger partial charge in [-0.15, -0.1) is 0 Å². The number of aromatic hydroxyl groups is 1. The fraction of sp³-hybridized carbons (Fsp3) is 0.441. The number of ketones is 2. The van der Waals surface area contributed by atoms with Crippen LogP contribution < -0.4 is 5.73 Å². The highest BCUT2D eigenvalue weighted by molar-refractivity contribution is 6.24. The Morgan fingerprint density at radius 2 is 1.73 bits per heavy atom. The van der Waals surface area contributed by atoms with Crippen molar-refractivity contribution in [3.8, 4) is 5.75 Å². The van der Waals surface area contributed by atoms with Crippen LogP contribution in [-0.4, -0.2) is 86.0 Å². The van der Waals surface area contributed by atoms with E-state index in [1.165, 1.54) is 22.1 Å². The summed E-state index contributed by atoms with van der Waals surface area (Å²) in [5, 5.41) is 45.2. The molecule has 11 heteroatoms. The number of rotatable bonds is 7. The third-order valence-corrected chi connectivity index (χ3v) is 10.2. The molecule has 10 nitrogen and oxygen atoms in total. The number of halogens is 1. The number of likely N-dealkylation sites (N-methyl/N-ethyl adjacent to an activating group) is 1. The summed E-state index contributed by atoms with van der Waals surface area (Å²) >= 11 is 0. The molecule has 4 aliphatic rings. The molecule has 0 aromatic heterocycles. The fourth-order valence-electron chi connectivity index (χ4n) is 8.16. The first-order valence-electron chi connectivity index (χ1n) is 15.3. The van der Waals surface area contributed by atoms with Gasteiger partial charge >= 0.3 is 0 Å². The molecule has 0 spiro atoms. The molecule has 0 unspecified atom stereocenters. The van der Waals surface area contributed by atoms with E-state index in [9.17, 15) is 34.8 Å². The van der Waals surface area contributed by atoms with Crippen molar-refractivity contribution in [3.05, 3.63) is 86.6 Å². The molecule has 0 radical (unpaired) electrons. The minimum atomic E-state index is -2.74. The minimum absolute atomic E-state index is 0.00859. The molecule has 6 rings (SSSR count). The van der Waals surface area contributed by atoms with Crippen LogP contribution in [0.5, 0.6) is 5.75 Å². The predicted molar refractivity (Wildman–Crippen MR) is 162 cm³/mol. The van der Waals surface area contributed by atoms with Crippen molar-refractivity contribution >= 4 is 17.5 Å². The van der Waals surface area contributed by atoms with Gasteiger partial charge in [0.1, 0.15) is 28.7 Å². The first kappa shape index (κ1) is 30.9. The Kier molecular flexibility index (Phi) is 7.62. The van der Waals surface area contributed by atoms with Crippen molar-refractivity contribution in [1.82, 2.24) is 9.80 Å². The van der Waals surface area contributed by atoms with Gasteiger partial charge < -0.3 is 26.2 Å². The highest BCUT2D eigenvalue weighted by Gasteiger charge is 2.63. The normalized spacial score (nSPS) is 26.3. The highest BCUT2D eigenvalue weighted by Crippen LogP contribution is 2.52. The number of benzene rings is 2. The Labute approximate surface area is 260 Å². The van der Waals surface area contributed by atoms with Gasteiger partial charge in [0.15, 0.2) is 11.4 Å². The molecule has 0 heterocycles. The maximum absolute atomic E-state index is 16.4. The topological polar surface area (TPSA) is 165 Å². The average Bonchev–Trinajstić information content (AvgIpc) is 3.41. The molecule has 0 fully saturated rings. The van der Waals surface area contributed by atoms with Crippen molar-refractivity contribution < 1.29 is 39.2 Å². The molecule has 238 valence electrons. The van der Waals surface area contributed by atoms with Crippen LogP contribution in [0, 0.1) is 17.7 Å². The number of primary amides is 1. The lowest BCUT2D eigenvalue weighted by Crippen LogP contribution is -2.63. The summed E-state index contributed by atoms with van der Waals surface area (Å²) in [6, 6.07) is 8.51. The number of hydrogen-bond donors (Lipinski definition) is 5. The number of allylic oxidation sites excluding steroid dienone is 1. The third-order valence-electron chi connectivity index (χ3n) is 10.2. The molecule has 0 saturated heterocycles. The van der Waals surface area contributed by atoms with Crippen molar-refractivity contribution in [2.45, 2.75) is 63.3 Å². The summed E-state index contributed by atoms with van der Waals surface area (Å²) < 4.78 is 16.4. The maximum atomic E-state index is 16.4. The monoisotopic (exact) mass is 619 g/mol. The van der Waals surface area contributed by atoms with Crippen molar-refractivity contribution in [2.75, 3.05) is 20.6 Å². The number of fused-ring (bicyclic) bond motifs is 4. The fourth-order valence-corrected chi connectivity index (χ4v) is 8.16. The molecule has 2 aromatic carbocycles. The summed E-state index contributed by atoms with van der Waals surface area (Å²) in [5.41, 5.74) is 3.91. The number of hydrogen-bond acceptors (Lipinski definition) is 9. The number of amides is 1. The predicted octanol–water partition coefficient (Wildman–Crippen LogP) is 2.64. The lowest BCUT2D eigenvalue weighted by Gasteiger charge is -2.50. The van der Waals surface area contributed by atoms with E-state index in [0.717, 1.165) is 19.3 Å². The summed E-state index contributed by atoms with van der Waals surface area (Å²) in [5.74, 6) is -8.21. The van der Waals surface area contributed by atoms with Gasteiger partial charge in [-0.3, -0.25) is 24.2 Å². The van der Waals surface area contributed by atoms with Crippen LogP contribution in [0.25, 0.3) is 0 Å². The molecule has 2 aromatic rings. The number of carbonyl (C=O) groups excluding carboxylic acids is 3. The highest BCUT2D eigenvalue weighted by atomic mass is 19.1. The number of aliphatic hydroxyl groups is 3. The van der Waals surface area contributed by atoms with Gasteiger partial charge in [-0.2, -0.15) is 0 Å². The van der Waals surface area contributed by atoms with Crippen LogP contribution >= 0.6 is 0 Å². The van der Waals surface area contributed by atoms with Crippen LogP contribution in [0.3, 0.4) is 0 Å².